The zero-order valence-electron chi connectivity index (χ0n) is 12.3. The van der Waals surface area contributed by atoms with Crippen LogP contribution < -0.4 is 10.6 Å². The van der Waals surface area contributed by atoms with Gasteiger partial charge in [-0.15, -0.1) is 0 Å². The van der Waals surface area contributed by atoms with Gasteiger partial charge in [0.25, 0.3) is 0 Å². The molecule has 1 aromatic carbocycles. The van der Waals surface area contributed by atoms with Crippen molar-refractivity contribution in [3.05, 3.63) is 23.8 Å². The van der Waals surface area contributed by atoms with Crippen LogP contribution in [0.4, 0.5) is 11.4 Å². The Kier molecular flexibility index (Phi) is 4.49. The number of hydrogen-bond donors (Lipinski definition) is 1. The van der Waals surface area contributed by atoms with Crippen LogP contribution in [0, 0.1) is 0 Å². The van der Waals surface area contributed by atoms with Gasteiger partial charge in [0.15, 0.2) is 0 Å². The minimum absolute atomic E-state index is 0.178. The van der Waals surface area contributed by atoms with E-state index in [0.717, 1.165) is 18.7 Å². The average molecular weight is 278 g/mol. The van der Waals surface area contributed by atoms with Crippen molar-refractivity contribution in [2.24, 2.45) is 0 Å². The van der Waals surface area contributed by atoms with Crippen molar-refractivity contribution in [1.29, 1.82) is 0 Å². The van der Waals surface area contributed by atoms with E-state index in [0.29, 0.717) is 23.9 Å². The molecule has 1 aliphatic rings. The summed E-state index contributed by atoms with van der Waals surface area (Å²) in [5.74, 6) is -0.370. The van der Waals surface area contributed by atoms with Crippen LogP contribution >= 0.6 is 0 Å². The molecular weight excluding hydrogens is 256 g/mol. The van der Waals surface area contributed by atoms with Gasteiger partial charge < -0.3 is 20.1 Å². The Hall–Kier alpha value is -1.75. The molecule has 0 amide bonds. The van der Waals surface area contributed by atoms with E-state index >= 15 is 0 Å². The maximum atomic E-state index is 11.5. The highest BCUT2D eigenvalue weighted by atomic mass is 16.5. The lowest BCUT2D eigenvalue weighted by atomic mass is 10.1. The van der Waals surface area contributed by atoms with Crippen molar-refractivity contribution in [2.75, 3.05) is 30.9 Å². The summed E-state index contributed by atoms with van der Waals surface area (Å²) >= 11 is 0. The molecule has 110 valence electrons. The zero-order valence-corrected chi connectivity index (χ0v) is 12.3. The third-order valence-electron chi connectivity index (χ3n) is 3.70. The van der Waals surface area contributed by atoms with Gasteiger partial charge in [0.1, 0.15) is 0 Å². The number of rotatable bonds is 3. The second-order valence-corrected chi connectivity index (χ2v) is 5.12. The summed E-state index contributed by atoms with van der Waals surface area (Å²) in [6, 6.07) is 5.64. The molecule has 5 heteroatoms. The molecule has 20 heavy (non-hydrogen) atoms. The molecule has 2 N–H and O–H groups in total. The largest absolute Gasteiger partial charge is 0.465 e. The van der Waals surface area contributed by atoms with Crippen molar-refractivity contribution in [3.8, 4) is 0 Å². The molecule has 2 rings (SSSR count). The predicted molar refractivity (Wildman–Crippen MR) is 79.0 cm³/mol. The quantitative estimate of drug-likeness (QED) is 0.677. The van der Waals surface area contributed by atoms with Crippen molar-refractivity contribution in [1.82, 2.24) is 0 Å². The normalized spacial score (nSPS) is 22.6. The Morgan fingerprint density at radius 3 is 2.90 bits per heavy atom. The van der Waals surface area contributed by atoms with Gasteiger partial charge in [-0.2, -0.15) is 0 Å². The summed E-state index contributed by atoms with van der Waals surface area (Å²) in [5.41, 5.74) is 8.15. The number of benzene rings is 1. The Morgan fingerprint density at radius 1 is 1.55 bits per heavy atom. The Labute approximate surface area is 119 Å². The topological polar surface area (TPSA) is 64.8 Å². The molecule has 1 aliphatic heterocycles. The van der Waals surface area contributed by atoms with Crippen LogP contribution in [0.5, 0.6) is 0 Å². The number of anilines is 2. The average Bonchev–Trinajstić information content (AvgIpc) is 2.46. The molecule has 0 spiro atoms. The Morgan fingerprint density at radius 2 is 2.30 bits per heavy atom. The predicted octanol–water partition coefficient (Wildman–Crippen LogP) is 2.06. The number of carbonyl (C=O) groups is 1. The smallest absolute Gasteiger partial charge is 0.337 e. The fourth-order valence-corrected chi connectivity index (χ4v) is 2.54. The van der Waals surface area contributed by atoms with Gasteiger partial charge in [-0.1, -0.05) is 6.92 Å². The van der Waals surface area contributed by atoms with E-state index in [1.165, 1.54) is 7.11 Å². The first-order valence-electron chi connectivity index (χ1n) is 6.92. The molecule has 2 unspecified atom stereocenters. The number of nitrogens with zero attached hydrogens (tertiary/aromatic N) is 1. The number of ether oxygens (including phenoxy) is 2. The Balaban J connectivity index is 2.29. The molecular formula is C15H22N2O3. The van der Waals surface area contributed by atoms with E-state index < -0.39 is 0 Å². The first-order chi connectivity index (χ1) is 9.56. The number of nitrogen functional groups attached to an aromatic ring is 1. The highest BCUT2D eigenvalue weighted by Gasteiger charge is 2.27. The second-order valence-electron chi connectivity index (χ2n) is 5.12. The second kappa shape index (κ2) is 6.13. The lowest BCUT2D eigenvalue weighted by Gasteiger charge is -2.40. The van der Waals surface area contributed by atoms with E-state index in [1.807, 2.05) is 6.07 Å². The van der Waals surface area contributed by atoms with Crippen LogP contribution in [0.2, 0.25) is 0 Å². The fraction of sp³-hybridized carbons (Fsp3) is 0.533. The molecule has 2 atom stereocenters. The van der Waals surface area contributed by atoms with Crippen LogP contribution in [0.15, 0.2) is 18.2 Å². The monoisotopic (exact) mass is 278 g/mol. The third-order valence-corrected chi connectivity index (χ3v) is 3.70. The SMILES string of the molecule is CCC1COC(C)CN1c1ccc(C(=O)OC)cc1N. The summed E-state index contributed by atoms with van der Waals surface area (Å²) in [7, 11) is 1.36. The first-order valence-corrected chi connectivity index (χ1v) is 6.92. The lowest BCUT2D eigenvalue weighted by molar-refractivity contribution is 0.0300. The standard InChI is InChI=1S/C15H22N2O3/c1-4-12-9-20-10(2)8-17(12)14-6-5-11(7-13(14)16)15(18)19-3/h5-7,10,12H,4,8-9,16H2,1-3H3. The molecule has 0 bridgehead atoms. The van der Waals surface area contributed by atoms with Crippen LogP contribution in [0.25, 0.3) is 0 Å². The van der Waals surface area contributed by atoms with Crippen molar-refractivity contribution >= 4 is 17.3 Å². The molecule has 1 fully saturated rings. The summed E-state index contributed by atoms with van der Waals surface area (Å²) in [5, 5.41) is 0. The molecule has 0 saturated carbocycles. The van der Waals surface area contributed by atoms with E-state index in [9.17, 15) is 4.79 Å². The number of carbonyl (C=O) groups excluding carboxylic acids is 1. The highest BCUT2D eigenvalue weighted by molar-refractivity contribution is 5.92. The van der Waals surface area contributed by atoms with Gasteiger partial charge in [-0.05, 0) is 31.5 Å². The van der Waals surface area contributed by atoms with Crippen molar-refractivity contribution in [3.63, 3.8) is 0 Å². The minimum atomic E-state index is -0.370. The zero-order chi connectivity index (χ0) is 14.7. The van der Waals surface area contributed by atoms with Crippen molar-refractivity contribution < 1.29 is 14.3 Å². The maximum absolute atomic E-state index is 11.5. The number of nitrogens with two attached hydrogens (primary N) is 1. The molecule has 0 radical (unpaired) electrons. The molecule has 0 aromatic heterocycles. The highest BCUT2D eigenvalue weighted by Crippen LogP contribution is 2.29. The lowest BCUT2D eigenvalue weighted by Crippen LogP contribution is -2.48. The summed E-state index contributed by atoms with van der Waals surface area (Å²) in [4.78, 5) is 13.8. The summed E-state index contributed by atoms with van der Waals surface area (Å²) < 4.78 is 10.4. The van der Waals surface area contributed by atoms with E-state index in [1.54, 1.807) is 12.1 Å². The third kappa shape index (κ3) is 2.88. The van der Waals surface area contributed by atoms with Gasteiger partial charge in [0.2, 0.25) is 0 Å². The molecule has 1 aromatic rings. The maximum Gasteiger partial charge on any atom is 0.337 e. The van der Waals surface area contributed by atoms with E-state index in [4.69, 9.17) is 15.2 Å². The van der Waals surface area contributed by atoms with E-state index in [2.05, 4.69) is 18.7 Å². The number of esters is 1. The van der Waals surface area contributed by atoms with Gasteiger partial charge in [-0.25, -0.2) is 4.79 Å². The van der Waals surface area contributed by atoms with Crippen LogP contribution in [0.3, 0.4) is 0 Å². The Bertz CT molecular complexity index is 490. The number of hydrogen-bond acceptors (Lipinski definition) is 5. The van der Waals surface area contributed by atoms with Crippen molar-refractivity contribution in [2.45, 2.75) is 32.4 Å². The summed E-state index contributed by atoms with van der Waals surface area (Å²) in [6.07, 6.45) is 1.17. The van der Waals surface area contributed by atoms with Gasteiger partial charge in [-0.3, -0.25) is 0 Å². The number of methoxy groups -OCH3 is 1. The minimum Gasteiger partial charge on any atom is -0.465 e. The molecule has 0 aliphatic carbocycles. The molecule has 1 saturated heterocycles. The van der Waals surface area contributed by atoms with Crippen LogP contribution in [0.1, 0.15) is 30.6 Å². The van der Waals surface area contributed by atoms with Crippen LogP contribution in [-0.4, -0.2) is 38.4 Å². The molecule has 5 nitrogen and oxygen atoms in total. The molecule has 1 heterocycles. The first kappa shape index (κ1) is 14.7. The van der Waals surface area contributed by atoms with Crippen LogP contribution in [-0.2, 0) is 9.47 Å². The van der Waals surface area contributed by atoms with Gasteiger partial charge in [0, 0.05) is 6.54 Å². The summed E-state index contributed by atoms with van der Waals surface area (Å²) in [6.45, 7) is 5.70. The van der Waals surface area contributed by atoms with Gasteiger partial charge in [0.05, 0.1) is 42.8 Å². The number of morpholine rings is 1. The van der Waals surface area contributed by atoms with Gasteiger partial charge >= 0.3 is 5.97 Å². The fourth-order valence-electron chi connectivity index (χ4n) is 2.54. The van der Waals surface area contributed by atoms with E-state index in [-0.39, 0.29) is 12.1 Å².